The van der Waals surface area contributed by atoms with E-state index in [4.69, 9.17) is 28.9 Å². The van der Waals surface area contributed by atoms with Gasteiger partial charge in [-0.1, -0.05) is 30.1 Å². The second-order valence-electron chi connectivity index (χ2n) is 3.95. The largest absolute Gasteiger partial charge is 0.396 e. The quantitative estimate of drug-likeness (QED) is 0.779. The van der Waals surface area contributed by atoms with Crippen molar-refractivity contribution in [3.05, 3.63) is 22.2 Å². The van der Waals surface area contributed by atoms with Gasteiger partial charge in [0.05, 0.1) is 15.7 Å². The van der Waals surface area contributed by atoms with Crippen LogP contribution in [-0.2, 0) is 10.0 Å². The minimum atomic E-state index is -3.69. The number of nitrogens with two attached hydrogens (primary N) is 1. The molecular formula is C11H16Cl2N2O2S2. The van der Waals surface area contributed by atoms with Crippen LogP contribution in [0.5, 0.6) is 0 Å². The first kappa shape index (κ1) is 16.9. The van der Waals surface area contributed by atoms with Gasteiger partial charge in [-0.3, -0.25) is 0 Å². The molecule has 0 saturated carbocycles. The zero-order valence-corrected chi connectivity index (χ0v) is 13.8. The van der Waals surface area contributed by atoms with Crippen LogP contribution in [0.4, 0.5) is 5.69 Å². The van der Waals surface area contributed by atoms with Crippen LogP contribution in [0.3, 0.4) is 0 Å². The topological polar surface area (TPSA) is 72.2 Å². The van der Waals surface area contributed by atoms with Crippen LogP contribution in [0.25, 0.3) is 0 Å². The van der Waals surface area contributed by atoms with Crippen molar-refractivity contribution in [1.29, 1.82) is 0 Å². The minimum Gasteiger partial charge on any atom is -0.396 e. The maximum absolute atomic E-state index is 12.2. The molecule has 0 bridgehead atoms. The highest BCUT2D eigenvalue weighted by atomic mass is 35.5. The predicted octanol–water partition coefficient (Wildman–Crippen LogP) is 3.00. The van der Waals surface area contributed by atoms with E-state index in [1.807, 2.05) is 6.92 Å². The third kappa shape index (κ3) is 4.43. The molecular weight excluding hydrogens is 327 g/mol. The molecule has 0 saturated heterocycles. The average molecular weight is 343 g/mol. The number of rotatable bonds is 6. The molecule has 8 heteroatoms. The maximum Gasteiger partial charge on any atom is 0.242 e. The van der Waals surface area contributed by atoms with Crippen LogP contribution in [0.1, 0.15) is 13.8 Å². The number of nitrogens with one attached hydrogen (secondary N) is 1. The summed E-state index contributed by atoms with van der Waals surface area (Å²) in [5.74, 6) is 1.62. The molecule has 108 valence electrons. The van der Waals surface area contributed by atoms with E-state index in [0.29, 0.717) is 5.75 Å². The monoisotopic (exact) mass is 342 g/mol. The number of hydrogen-bond donors (Lipinski definition) is 2. The lowest BCUT2D eigenvalue weighted by Crippen LogP contribution is -2.34. The average Bonchev–Trinajstić information content (AvgIpc) is 2.32. The molecule has 0 aliphatic heterocycles. The number of anilines is 1. The van der Waals surface area contributed by atoms with Gasteiger partial charge in [0.1, 0.15) is 4.90 Å². The Labute approximate surface area is 128 Å². The summed E-state index contributed by atoms with van der Waals surface area (Å²) in [7, 11) is -3.69. The number of sulfonamides is 1. The van der Waals surface area contributed by atoms with Crippen LogP contribution < -0.4 is 10.5 Å². The molecule has 1 unspecified atom stereocenters. The van der Waals surface area contributed by atoms with E-state index in [1.165, 1.54) is 12.1 Å². The van der Waals surface area contributed by atoms with Gasteiger partial charge in [-0.05, 0) is 24.8 Å². The number of nitrogen functional groups attached to an aromatic ring is 1. The lowest BCUT2D eigenvalue weighted by molar-refractivity contribution is 0.571. The highest BCUT2D eigenvalue weighted by Crippen LogP contribution is 2.33. The minimum absolute atomic E-state index is 0.0460. The van der Waals surface area contributed by atoms with Crippen molar-refractivity contribution in [3.63, 3.8) is 0 Å². The Hall–Kier alpha value is -0.140. The summed E-state index contributed by atoms with van der Waals surface area (Å²) in [6.07, 6.45) is 0. The fourth-order valence-corrected chi connectivity index (χ4v) is 4.20. The molecule has 0 aromatic heterocycles. The Bertz CT molecular complexity index is 550. The molecule has 0 amide bonds. The van der Waals surface area contributed by atoms with Crippen LogP contribution in [0, 0.1) is 0 Å². The first-order valence-corrected chi connectivity index (χ1v) is 9.02. The molecule has 4 nitrogen and oxygen atoms in total. The summed E-state index contributed by atoms with van der Waals surface area (Å²) in [6.45, 7) is 3.82. The van der Waals surface area contributed by atoms with Crippen molar-refractivity contribution in [2.45, 2.75) is 24.8 Å². The summed E-state index contributed by atoms with van der Waals surface area (Å²) in [4.78, 5) is -0.0515. The van der Waals surface area contributed by atoms with Crippen LogP contribution in [-0.4, -0.2) is 26.0 Å². The first-order chi connectivity index (χ1) is 8.79. The van der Waals surface area contributed by atoms with Crippen molar-refractivity contribution in [1.82, 2.24) is 4.72 Å². The second kappa shape index (κ2) is 7.04. The Morgan fingerprint density at radius 3 is 2.63 bits per heavy atom. The Balaban J connectivity index is 2.98. The van der Waals surface area contributed by atoms with Crippen molar-refractivity contribution >= 4 is 50.7 Å². The van der Waals surface area contributed by atoms with E-state index < -0.39 is 10.0 Å². The van der Waals surface area contributed by atoms with Gasteiger partial charge in [-0.15, -0.1) is 0 Å². The van der Waals surface area contributed by atoms with Gasteiger partial charge in [-0.25, -0.2) is 13.1 Å². The normalized spacial score (nSPS) is 13.5. The molecule has 0 fully saturated rings. The number of halogens is 2. The van der Waals surface area contributed by atoms with Gasteiger partial charge in [-0.2, -0.15) is 11.8 Å². The van der Waals surface area contributed by atoms with Gasteiger partial charge in [0.15, 0.2) is 0 Å². The third-order valence-electron chi connectivity index (χ3n) is 2.31. The summed E-state index contributed by atoms with van der Waals surface area (Å²) in [6, 6.07) is 2.58. The molecule has 19 heavy (non-hydrogen) atoms. The van der Waals surface area contributed by atoms with Crippen molar-refractivity contribution in [3.8, 4) is 0 Å². The Morgan fingerprint density at radius 2 is 2.05 bits per heavy atom. The molecule has 1 atom stereocenters. The number of benzene rings is 1. The Kier molecular flexibility index (Phi) is 6.26. The fraction of sp³-hybridized carbons (Fsp3) is 0.455. The summed E-state index contributed by atoms with van der Waals surface area (Å²) >= 11 is 13.4. The van der Waals surface area contributed by atoms with Crippen LogP contribution in [0.15, 0.2) is 17.0 Å². The van der Waals surface area contributed by atoms with E-state index in [1.54, 1.807) is 18.7 Å². The molecule has 0 spiro atoms. The summed E-state index contributed by atoms with van der Waals surface area (Å²) < 4.78 is 26.9. The smallest absolute Gasteiger partial charge is 0.242 e. The SMILES string of the molecule is CCSCC(C)NS(=O)(=O)c1ccc(Cl)c(N)c1Cl. The van der Waals surface area contributed by atoms with E-state index in [0.717, 1.165) is 5.75 Å². The number of thioether (sulfide) groups is 1. The molecule has 1 aromatic rings. The lowest BCUT2D eigenvalue weighted by Gasteiger charge is -2.15. The van der Waals surface area contributed by atoms with Crippen LogP contribution in [0.2, 0.25) is 10.0 Å². The Morgan fingerprint density at radius 1 is 1.42 bits per heavy atom. The summed E-state index contributed by atoms with van der Waals surface area (Å²) in [5.41, 5.74) is 5.70. The molecule has 0 aliphatic rings. The molecule has 3 N–H and O–H groups in total. The van der Waals surface area contributed by atoms with Gasteiger partial charge >= 0.3 is 0 Å². The number of hydrogen-bond acceptors (Lipinski definition) is 4. The zero-order valence-electron chi connectivity index (χ0n) is 10.6. The maximum atomic E-state index is 12.2. The molecule has 1 aromatic carbocycles. The van der Waals surface area contributed by atoms with Crippen molar-refractivity contribution < 1.29 is 8.42 Å². The highest BCUT2D eigenvalue weighted by molar-refractivity contribution is 7.99. The second-order valence-corrected chi connectivity index (χ2v) is 7.74. The highest BCUT2D eigenvalue weighted by Gasteiger charge is 2.22. The predicted molar refractivity (Wildman–Crippen MR) is 83.7 cm³/mol. The lowest BCUT2D eigenvalue weighted by atomic mass is 10.3. The fourth-order valence-electron chi connectivity index (χ4n) is 1.41. The third-order valence-corrected chi connectivity index (χ3v) is 5.93. The molecule has 1 rings (SSSR count). The molecule has 0 radical (unpaired) electrons. The molecule has 0 heterocycles. The van der Waals surface area contributed by atoms with Gasteiger partial charge in [0, 0.05) is 11.8 Å². The van der Waals surface area contributed by atoms with E-state index in [-0.39, 0.29) is 26.7 Å². The van der Waals surface area contributed by atoms with Gasteiger partial charge in [0.2, 0.25) is 10.0 Å². The van der Waals surface area contributed by atoms with Crippen molar-refractivity contribution in [2.75, 3.05) is 17.2 Å². The van der Waals surface area contributed by atoms with E-state index >= 15 is 0 Å². The van der Waals surface area contributed by atoms with Gasteiger partial charge < -0.3 is 5.73 Å². The summed E-state index contributed by atoms with van der Waals surface area (Å²) in [5, 5.41) is 0.189. The van der Waals surface area contributed by atoms with Crippen molar-refractivity contribution in [2.24, 2.45) is 0 Å². The first-order valence-electron chi connectivity index (χ1n) is 5.63. The molecule has 0 aliphatic carbocycles. The zero-order chi connectivity index (χ0) is 14.6. The van der Waals surface area contributed by atoms with Gasteiger partial charge in [0.25, 0.3) is 0 Å². The standard InChI is InChI=1S/C11H16Cl2N2O2S2/c1-3-18-6-7(2)15-19(16,17)9-5-4-8(12)11(14)10(9)13/h4-5,7,15H,3,6,14H2,1-2H3. The van der Waals surface area contributed by atoms with E-state index in [9.17, 15) is 8.42 Å². The van der Waals surface area contributed by atoms with E-state index in [2.05, 4.69) is 4.72 Å². The van der Waals surface area contributed by atoms with Crippen LogP contribution >= 0.6 is 35.0 Å².